The molecule has 0 amide bonds. The van der Waals surface area contributed by atoms with E-state index < -0.39 is 9.84 Å². The van der Waals surface area contributed by atoms with Crippen molar-refractivity contribution in [2.45, 2.75) is 49.2 Å². The van der Waals surface area contributed by atoms with E-state index in [4.69, 9.17) is 5.73 Å². The molecule has 0 aromatic heterocycles. The summed E-state index contributed by atoms with van der Waals surface area (Å²) < 4.78 is 25.0. The fourth-order valence-corrected chi connectivity index (χ4v) is 4.62. The van der Waals surface area contributed by atoms with Gasteiger partial charge >= 0.3 is 0 Å². The van der Waals surface area contributed by atoms with Crippen molar-refractivity contribution in [3.63, 3.8) is 0 Å². The molecule has 4 heteroatoms. The Morgan fingerprint density at radius 3 is 2.47 bits per heavy atom. The molecule has 2 N–H and O–H groups in total. The number of nitrogen functional groups attached to an aromatic ring is 1. The Morgan fingerprint density at radius 1 is 1.18 bits per heavy atom. The maximum absolute atomic E-state index is 12.5. The molecule has 0 heterocycles. The predicted octanol–water partition coefficient (Wildman–Crippen LogP) is 2.68. The number of hydrogen-bond donors (Lipinski definition) is 1. The molecule has 94 valence electrons. The Labute approximate surface area is 103 Å². The molecule has 1 aromatic rings. The van der Waals surface area contributed by atoms with Crippen LogP contribution in [0.25, 0.3) is 0 Å². The summed E-state index contributed by atoms with van der Waals surface area (Å²) in [6.45, 7) is 1.78. The lowest BCUT2D eigenvalue weighted by Crippen LogP contribution is -2.24. The van der Waals surface area contributed by atoms with Crippen molar-refractivity contribution in [3.05, 3.63) is 23.8 Å². The molecule has 0 unspecified atom stereocenters. The minimum absolute atomic E-state index is 0.211. The first-order valence-electron chi connectivity index (χ1n) is 6.12. The van der Waals surface area contributed by atoms with Gasteiger partial charge in [0.25, 0.3) is 0 Å². The summed E-state index contributed by atoms with van der Waals surface area (Å²) in [5.74, 6) is 0. The minimum atomic E-state index is -3.20. The Hall–Kier alpha value is -1.03. The molecular weight excluding hydrogens is 234 g/mol. The molecule has 0 saturated heterocycles. The summed E-state index contributed by atoms with van der Waals surface area (Å²) in [5.41, 5.74) is 7.03. The number of anilines is 1. The third-order valence-electron chi connectivity index (χ3n) is 3.62. The van der Waals surface area contributed by atoms with Crippen molar-refractivity contribution >= 4 is 15.5 Å². The van der Waals surface area contributed by atoms with Crippen LogP contribution >= 0.6 is 0 Å². The van der Waals surface area contributed by atoms with Crippen LogP contribution in [0.5, 0.6) is 0 Å². The summed E-state index contributed by atoms with van der Waals surface area (Å²) in [4.78, 5) is 0.421. The second-order valence-corrected chi connectivity index (χ2v) is 6.97. The Morgan fingerprint density at radius 2 is 1.82 bits per heavy atom. The molecule has 1 saturated carbocycles. The summed E-state index contributed by atoms with van der Waals surface area (Å²) in [7, 11) is -3.20. The van der Waals surface area contributed by atoms with E-state index >= 15 is 0 Å². The third-order valence-corrected chi connectivity index (χ3v) is 6.03. The van der Waals surface area contributed by atoms with Crippen LogP contribution in [0.15, 0.2) is 23.1 Å². The first-order valence-corrected chi connectivity index (χ1v) is 7.67. The van der Waals surface area contributed by atoms with Gasteiger partial charge in [-0.25, -0.2) is 8.42 Å². The van der Waals surface area contributed by atoms with E-state index in [-0.39, 0.29) is 5.25 Å². The van der Waals surface area contributed by atoms with Crippen molar-refractivity contribution in [1.82, 2.24) is 0 Å². The van der Waals surface area contributed by atoms with E-state index in [1.54, 1.807) is 25.1 Å². The average molecular weight is 253 g/mol. The van der Waals surface area contributed by atoms with Gasteiger partial charge in [0.15, 0.2) is 9.84 Å². The monoisotopic (exact) mass is 253 g/mol. The smallest absolute Gasteiger partial charge is 0.181 e. The normalized spacial score (nSPS) is 18.2. The molecule has 0 radical (unpaired) electrons. The number of nitrogens with two attached hydrogens (primary N) is 1. The largest absolute Gasteiger partial charge is 0.398 e. The van der Waals surface area contributed by atoms with Crippen LogP contribution in [-0.4, -0.2) is 13.7 Å². The van der Waals surface area contributed by atoms with Crippen LogP contribution in [0.1, 0.15) is 37.7 Å². The molecule has 1 aromatic carbocycles. The number of hydrogen-bond acceptors (Lipinski definition) is 3. The molecule has 0 bridgehead atoms. The first-order chi connectivity index (χ1) is 8.03. The van der Waals surface area contributed by atoms with Gasteiger partial charge in [0, 0.05) is 5.69 Å². The van der Waals surface area contributed by atoms with Gasteiger partial charge in [-0.15, -0.1) is 0 Å². The van der Waals surface area contributed by atoms with Gasteiger partial charge in [0.05, 0.1) is 10.1 Å². The van der Waals surface area contributed by atoms with Crippen LogP contribution in [-0.2, 0) is 9.84 Å². The van der Waals surface area contributed by atoms with E-state index in [1.165, 1.54) is 0 Å². The predicted molar refractivity (Wildman–Crippen MR) is 69.7 cm³/mol. The van der Waals surface area contributed by atoms with Gasteiger partial charge in [-0.1, -0.05) is 25.3 Å². The molecule has 3 nitrogen and oxygen atoms in total. The summed E-state index contributed by atoms with van der Waals surface area (Å²) >= 11 is 0. The molecule has 0 aliphatic heterocycles. The molecule has 1 aliphatic rings. The van der Waals surface area contributed by atoms with Crippen molar-refractivity contribution in [3.8, 4) is 0 Å². The zero-order valence-corrected chi connectivity index (χ0v) is 11.0. The Kier molecular flexibility index (Phi) is 3.43. The second-order valence-electron chi connectivity index (χ2n) is 4.78. The number of rotatable bonds is 2. The fourth-order valence-electron chi connectivity index (χ4n) is 2.49. The lowest BCUT2D eigenvalue weighted by Gasteiger charge is -2.22. The molecule has 0 atom stereocenters. The zero-order valence-electron chi connectivity index (χ0n) is 10.1. The molecule has 17 heavy (non-hydrogen) atoms. The third kappa shape index (κ3) is 2.32. The van der Waals surface area contributed by atoms with Crippen LogP contribution in [0, 0.1) is 6.92 Å². The SMILES string of the molecule is Cc1c(N)cccc1S(=O)(=O)C1CCCCC1. The summed E-state index contributed by atoms with van der Waals surface area (Å²) in [6, 6.07) is 5.14. The number of benzene rings is 1. The van der Waals surface area contributed by atoms with Crippen LogP contribution < -0.4 is 5.73 Å². The highest BCUT2D eigenvalue weighted by Gasteiger charge is 2.30. The zero-order chi connectivity index (χ0) is 12.5. The second kappa shape index (κ2) is 4.69. The maximum Gasteiger partial charge on any atom is 0.181 e. The molecule has 1 fully saturated rings. The van der Waals surface area contributed by atoms with Gasteiger partial charge in [0.2, 0.25) is 0 Å². The summed E-state index contributed by atoms with van der Waals surface area (Å²) in [6.07, 6.45) is 4.77. The van der Waals surface area contributed by atoms with Crippen molar-refractivity contribution in [2.24, 2.45) is 0 Å². The lowest BCUT2D eigenvalue weighted by atomic mass is 10.0. The highest BCUT2D eigenvalue weighted by atomic mass is 32.2. The van der Waals surface area contributed by atoms with Gasteiger partial charge < -0.3 is 5.73 Å². The Balaban J connectivity index is 2.40. The van der Waals surface area contributed by atoms with Crippen molar-refractivity contribution < 1.29 is 8.42 Å². The first kappa shape index (κ1) is 12.4. The van der Waals surface area contributed by atoms with E-state index in [2.05, 4.69) is 0 Å². The van der Waals surface area contributed by atoms with Gasteiger partial charge in [-0.3, -0.25) is 0 Å². The van der Waals surface area contributed by atoms with Crippen LogP contribution in [0.2, 0.25) is 0 Å². The average Bonchev–Trinajstić information content (AvgIpc) is 2.33. The standard InChI is InChI=1S/C13H19NO2S/c1-10-12(14)8-5-9-13(10)17(15,16)11-6-3-2-4-7-11/h5,8-9,11H,2-4,6-7,14H2,1H3. The quantitative estimate of drug-likeness (QED) is 0.824. The molecule has 1 aliphatic carbocycles. The fraction of sp³-hybridized carbons (Fsp3) is 0.538. The van der Waals surface area contributed by atoms with Crippen LogP contribution in [0.3, 0.4) is 0 Å². The van der Waals surface area contributed by atoms with Crippen molar-refractivity contribution in [2.75, 3.05) is 5.73 Å². The Bertz CT molecular complexity index is 502. The van der Waals surface area contributed by atoms with E-state index in [0.29, 0.717) is 16.1 Å². The highest BCUT2D eigenvalue weighted by molar-refractivity contribution is 7.92. The molecule has 0 spiro atoms. The van der Waals surface area contributed by atoms with E-state index in [0.717, 1.165) is 32.1 Å². The van der Waals surface area contributed by atoms with Gasteiger partial charge in [-0.05, 0) is 37.5 Å². The van der Waals surface area contributed by atoms with Crippen LogP contribution in [0.4, 0.5) is 5.69 Å². The lowest BCUT2D eigenvalue weighted by molar-refractivity contribution is 0.483. The highest BCUT2D eigenvalue weighted by Crippen LogP contribution is 2.31. The number of sulfone groups is 1. The van der Waals surface area contributed by atoms with Crippen molar-refractivity contribution in [1.29, 1.82) is 0 Å². The van der Waals surface area contributed by atoms with Gasteiger partial charge in [0.1, 0.15) is 0 Å². The summed E-state index contributed by atoms with van der Waals surface area (Å²) in [5, 5.41) is -0.211. The molecule has 2 rings (SSSR count). The minimum Gasteiger partial charge on any atom is -0.398 e. The topological polar surface area (TPSA) is 60.2 Å². The van der Waals surface area contributed by atoms with Gasteiger partial charge in [-0.2, -0.15) is 0 Å². The maximum atomic E-state index is 12.5. The molecular formula is C13H19NO2S. The van der Waals surface area contributed by atoms with E-state index in [9.17, 15) is 8.42 Å². The van der Waals surface area contributed by atoms with E-state index in [1.807, 2.05) is 0 Å².